The molecule has 0 spiro atoms. The number of hydrogen-bond donors (Lipinski definition) is 0. The summed E-state index contributed by atoms with van der Waals surface area (Å²) in [4.78, 5) is 14.2. The van der Waals surface area contributed by atoms with E-state index in [4.69, 9.17) is 0 Å². The molecular weight excluding hydrogens is 176 g/mol. The van der Waals surface area contributed by atoms with Crippen LogP contribution in [0.5, 0.6) is 0 Å². The molecule has 1 atom stereocenters. The molecule has 0 fully saturated rings. The van der Waals surface area contributed by atoms with Crippen molar-refractivity contribution in [3.63, 3.8) is 0 Å². The Morgan fingerprint density at radius 2 is 2.50 bits per heavy atom. The quantitative estimate of drug-likeness (QED) is 0.625. The maximum atomic E-state index is 10.7. The van der Waals surface area contributed by atoms with Gasteiger partial charge in [0.25, 0.3) is 0 Å². The van der Waals surface area contributed by atoms with Crippen molar-refractivity contribution >= 4 is 17.1 Å². The topological polar surface area (TPSA) is 52.0 Å². The highest BCUT2D eigenvalue weighted by molar-refractivity contribution is 7.84. The molecule has 1 unspecified atom stereocenters. The van der Waals surface area contributed by atoms with E-state index in [1.54, 1.807) is 17.2 Å². The zero-order valence-corrected chi connectivity index (χ0v) is 7.58. The zero-order valence-electron chi connectivity index (χ0n) is 6.77. The molecule has 0 aliphatic heterocycles. The first-order valence-corrected chi connectivity index (χ1v) is 5.22. The lowest BCUT2D eigenvalue weighted by Crippen LogP contribution is -2.07. The third-order valence-corrected chi connectivity index (χ3v) is 2.24. The Labute approximate surface area is 73.1 Å². The number of aldehydes is 1. The minimum Gasteiger partial charge on any atom is -0.328 e. The first kappa shape index (κ1) is 9.12. The van der Waals surface area contributed by atoms with Gasteiger partial charge in [0.15, 0.2) is 6.29 Å². The van der Waals surface area contributed by atoms with Crippen LogP contribution < -0.4 is 0 Å². The largest absolute Gasteiger partial charge is 0.328 e. The van der Waals surface area contributed by atoms with Gasteiger partial charge in [-0.25, -0.2) is 4.98 Å². The van der Waals surface area contributed by atoms with Crippen molar-refractivity contribution < 1.29 is 9.00 Å². The zero-order chi connectivity index (χ0) is 8.97. The average Bonchev–Trinajstić information content (AvgIpc) is 2.47. The van der Waals surface area contributed by atoms with E-state index in [9.17, 15) is 9.00 Å². The van der Waals surface area contributed by atoms with E-state index >= 15 is 0 Å². The molecule has 0 amide bonds. The van der Waals surface area contributed by atoms with Gasteiger partial charge in [0.2, 0.25) is 0 Å². The maximum Gasteiger partial charge on any atom is 0.168 e. The third kappa shape index (κ3) is 2.27. The van der Waals surface area contributed by atoms with Crippen LogP contribution in [0.2, 0.25) is 0 Å². The summed E-state index contributed by atoms with van der Waals surface area (Å²) in [6.07, 6.45) is 5.44. The van der Waals surface area contributed by atoms with Crippen molar-refractivity contribution in [1.82, 2.24) is 9.55 Å². The summed E-state index contributed by atoms with van der Waals surface area (Å²) >= 11 is 0. The van der Waals surface area contributed by atoms with E-state index in [2.05, 4.69) is 4.98 Å². The van der Waals surface area contributed by atoms with Crippen molar-refractivity contribution in [2.75, 3.05) is 12.0 Å². The van der Waals surface area contributed by atoms with Crippen LogP contribution in [-0.2, 0) is 17.3 Å². The van der Waals surface area contributed by atoms with Crippen LogP contribution in [0.15, 0.2) is 12.5 Å². The third-order valence-electron chi connectivity index (χ3n) is 1.48. The summed E-state index contributed by atoms with van der Waals surface area (Å²) in [6.45, 7) is 0.581. The minimum atomic E-state index is -0.825. The minimum absolute atomic E-state index is 0.528. The monoisotopic (exact) mass is 186 g/mol. The smallest absolute Gasteiger partial charge is 0.168 e. The summed E-state index contributed by atoms with van der Waals surface area (Å²) in [7, 11) is -0.825. The van der Waals surface area contributed by atoms with Crippen molar-refractivity contribution in [1.29, 1.82) is 0 Å². The molecule has 0 saturated heterocycles. The van der Waals surface area contributed by atoms with Gasteiger partial charge in [-0.15, -0.1) is 0 Å². The number of imidazole rings is 1. The number of nitrogens with zero attached hydrogens (tertiary/aromatic N) is 2. The van der Waals surface area contributed by atoms with Crippen molar-refractivity contribution in [3.05, 3.63) is 18.2 Å². The van der Waals surface area contributed by atoms with Gasteiger partial charge in [-0.1, -0.05) is 0 Å². The second-order valence-corrected chi connectivity index (χ2v) is 3.96. The SMILES string of the molecule is CS(=O)CCn1cncc1C=O. The summed E-state index contributed by atoms with van der Waals surface area (Å²) in [5, 5.41) is 0. The molecule has 0 saturated carbocycles. The summed E-state index contributed by atoms with van der Waals surface area (Å²) < 4.78 is 12.4. The van der Waals surface area contributed by atoms with Gasteiger partial charge in [0, 0.05) is 29.4 Å². The average molecular weight is 186 g/mol. The van der Waals surface area contributed by atoms with E-state index in [1.807, 2.05) is 0 Å². The molecular formula is C7H10N2O2S. The fourth-order valence-corrected chi connectivity index (χ4v) is 1.30. The first-order valence-electron chi connectivity index (χ1n) is 3.49. The maximum absolute atomic E-state index is 10.7. The predicted molar refractivity (Wildman–Crippen MR) is 46.5 cm³/mol. The number of hydrogen-bond acceptors (Lipinski definition) is 3. The Balaban J connectivity index is 2.62. The molecule has 4 nitrogen and oxygen atoms in total. The van der Waals surface area contributed by atoms with Gasteiger partial charge in [0.1, 0.15) is 5.69 Å². The predicted octanol–water partition coefficient (Wildman–Crippen LogP) is 0.0741. The van der Waals surface area contributed by atoms with Gasteiger partial charge < -0.3 is 4.57 Å². The molecule has 1 rings (SSSR count). The number of carbonyl (C=O) groups is 1. The first-order chi connectivity index (χ1) is 5.74. The van der Waals surface area contributed by atoms with Gasteiger partial charge in [0.05, 0.1) is 12.5 Å². The van der Waals surface area contributed by atoms with Gasteiger partial charge in [-0.05, 0) is 0 Å². The van der Waals surface area contributed by atoms with E-state index in [-0.39, 0.29) is 0 Å². The van der Waals surface area contributed by atoms with Crippen LogP contribution in [0, 0.1) is 0 Å². The summed E-state index contributed by atoms with van der Waals surface area (Å²) in [5.41, 5.74) is 0.528. The molecule has 66 valence electrons. The van der Waals surface area contributed by atoms with E-state index in [1.165, 1.54) is 6.20 Å². The molecule has 5 heteroatoms. The molecule has 0 aromatic carbocycles. The molecule has 1 heterocycles. The normalized spacial score (nSPS) is 12.8. The summed E-state index contributed by atoms with van der Waals surface area (Å²) in [6, 6.07) is 0. The van der Waals surface area contributed by atoms with E-state index in [0.717, 1.165) is 6.29 Å². The van der Waals surface area contributed by atoms with Crippen molar-refractivity contribution in [2.24, 2.45) is 0 Å². The Morgan fingerprint density at radius 3 is 3.08 bits per heavy atom. The Morgan fingerprint density at radius 1 is 1.75 bits per heavy atom. The number of rotatable bonds is 4. The fraction of sp³-hybridized carbons (Fsp3) is 0.429. The lowest BCUT2D eigenvalue weighted by Gasteiger charge is -2.00. The van der Waals surface area contributed by atoms with E-state index < -0.39 is 10.8 Å². The van der Waals surface area contributed by atoms with Crippen LogP contribution in [-0.4, -0.2) is 32.1 Å². The van der Waals surface area contributed by atoms with Gasteiger partial charge in [-0.3, -0.25) is 9.00 Å². The second-order valence-electron chi connectivity index (χ2n) is 2.41. The lowest BCUT2D eigenvalue weighted by atomic mass is 10.5. The second kappa shape index (κ2) is 4.15. The van der Waals surface area contributed by atoms with Crippen LogP contribution in [0.3, 0.4) is 0 Å². The number of carbonyl (C=O) groups excluding carboxylic acids is 1. The van der Waals surface area contributed by atoms with Crippen molar-refractivity contribution in [3.8, 4) is 0 Å². The van der Waals surface area contributed by atoms with Gasteiger partial charge in [-0.2, -0.15) is 0 Å². The molecule has 0 radical (unpaired) electrons. The van der Waals surface area contributed by atoms with Gasteiger partial charge >= 0.3 is 0 Å². The Hall–Kier alpha value is -0.970. The number of aryl methyl sites for hydroxylation is 1. The molecule has 0 bridgehead atoms. The van der Waals surface area contributed by atoms with Crippen LogP contribution in [0.25, 0.3) is 0 Å². The molecule has 1 aromatic heterocycles. The van der Waals surface area contributed by atoms with Crippen LogP contribution in [0.4, 0.5) is 0 Å². The summed E-state index contributed by atoms with van der Waals surface area (Å²) in [5.74, 6) is 0.553. The molecule has 0 aliphatic rings. The number of aromatic nitrogens is 2. The molecule has 0 aliphatic carbocycles. The van der Waals surface area contributed by atoms with Crippen molar-refractivity contribution in [2.45, 2.75) is 6.54 Å². The van der Waals surface area contributed by atoms with E-state index in [0.29, 0.717) is 18.0 Å². The molecule has 1 aromatic rings. The highest BCUT2D eigenvalue weighted by Gasteiger charge is 2.00. The fourth-order valence-electron chi connectivity index (χ4n) is 0.843. The highest BCUT2D eigenvalue weighted by Crippen LogP contribution is 1.95. The van der Waals surface area contributed by atoms with Crippen LogP contribution in [0.1, 0.15) is 10.5 Å². The molecule has 12 heavy (non-hydrogen) atoms. The lowest BCUT2D eigenvalue weighted by molar-refractivity contribution is 0.111. The molecule has 0 N–H and O–H groups in total. The Bertz CT molecular complexity index is 295. The highest BCUT2D eigenvalue weighted by atomic mass is 32.2. The van der Waals surface area contributed by atoms with Crippen LogP contribution >= 0.6 is 0 Å². The standard InChI is InChI=1S/C7H10N2O2S/c1-12(11)3-2-9-6-8-4-7(9)5-10/h4-6H,2-3H2,1H3. The Kier molecular flexibility index (Phi) is 3.16.